The molecule has 7 heteroatoms. The van der Waals surface area contributed by atoms with Crippen molar-refractivity contribution in [3.05, 3.63) is 53.5 Å². The molecule has 1 N–H and O–H groups in total. The number of benzene rings is 1. The van der Waals surface area contributed by atoms with Crippen LogP contribution < -0.4 is 10.1 Å². The van der Waals surface area contributed by atoms with Crippen molar-refractivity contribution in [1.82, 2.24) is 10.2 Å². The predicted octanol–water partition coefficient (Wildman–Crippen LogP) is 1.69. The summed E-state index contributed by atoms with van der Waals surface area (Å²) < 4.78 is 11.1. The first-order valence-electron chi connectivity index (χ1n) is 7.82. The van der Waals surface area contributed by atoms with Crippen LogP contribution in [0.5, 0.6) is 5.75 Å². The monoisotopic (exact) mass is 339 g/mol. The third kappa shape index (κ3) is 3.80. The summed E-state index contributed by atoms with van der Waals surface area (Å²) >= 11 is 0. The number of likely N-dealkylation sites (N-methyl/N-ethyl adjacent to an activating group) is 1. The van der Waals surface area contributed by atoms with Gasteiger partial charge in [-0.15, -0.1) is 0 Å². The molecule has 1 atom stereocenters. The fourth-order valence-corrected chi connectivity index (χ4v) is 2.63. The van der Waals surface area contributed by atoms with E-state index in [-0.39, 0.29) is 30.2 Å². The third-order valence-electron chi connectivity index (χ3n) is 3.94. The highest BCUT2D eigenvalue weighted by atomic mass is 16.5. The summed E-state index contributed by atoms with van der Waals surface area (Å²) in [6.07, 6.45) is 0.295. The molecule has 7 nitrogen and oxygen atoms in total. The summed E-state index contributed by atoms with van der Waals surface area (Å²) in [5, 5.41) is 11.8. The molecule has 2 amide bonds. The maximum Gasteiger partial charge on any atom is 0.287 e. The number of furan rings is 1. The van der Waals surface area contributed by atoms with Crippen molar-refractivity contribution in [2.75, 3.05) is 13.6 Å². The molecule has 1 aromatic carbocycles. The maximum absolute atomic E-state index is 12.2. The molecule has 1 saturated heterocycles. The van der Waals surface area contributed by atoms with Crippen molar-refractivity contribution < 1.29 is 18.7 Å². The van der Waals surface area contributed by atoms with Crippen molar-refractivity contribution >= 4 is 11.8 Å². The number of nitrogens with zero attached hydrogens (tertiary/aromatic N) is 2. The van der Waals surface area contributed by atoms with Gasteiger partial charge in [0.05, 0.1) is 11.6 Å². The molecular weight excluding hydrogens is 322 g/mol. The Kier molecular flexibility index (Phi) is 4.70. The number of carbonyl (C=O) groups excluding carboxylic acids is 2. The van der Waals surface area contributed by atoms with Crippen LogP contribution >= 0.6 is 0 Å². The van der Waals surface area contributed by atoms with Crippen LogP contribution in [0.25, 0.3) is 0 Å². The molecular formula is C18H17N3O4. The van der Waals surface area contributed by atoms with Gasteiger partial charge in [0.15, 0.2) is 5.76 Å². The first-order chi connectivity index (χ1) is 12.1. The lowest BCUT2D eigenvalue weighted by Crippen LogP contribution is -2.36. The predicted molar refractivity (Wildman–Crippen MR) is 87.7 cm³/mol. The van der Waals surface area contributed by atoms with Gasteiger partial charge in [0.25, 0.3) is 5.91 Å². The van der Waals surface area contributed by atoms with Crippen molar-refractivity contribution in [2.24, 2.45) is 0 Å². The van der Waals surface area contributed by atoms with Gasteiger partial charge in [-0.3, -0.25) is 9.59 Å². The van der Waals surface area contributed by atoms with E-state index in [1.165, 1.54) is 0 Å². The molecule has 1 aromatic heterocycles. The summed E-state index contributed by atoms with van der Waals surface area (Å²) in [5.74, 6) is 0.735. The first kappa shape index (κ1) is 16.6. The second-order valence-corrected chi connectivity index (χ2v) is 5.81. The summed E-state index contributed by atoms with van der Waals surface area (Å²) in [4.78, 5) is 25.3. The van der Waals surface area contributed by atoms with Crippen LogP contribution in [0, 0.1) is 11.3 Å². The van der Waals surface area contributed by atoms with Crippen molar-refractivity contribution in [2.45, 2.75) is 19.1 Å². The topological polar surface area (TPSA) is 95.6 Å². The van der Waals surface area contributed by atoms with E-state index in [2.05, 4.69) is 11.4 Å². The van der Waals surface area contributed by atoms with Gasteiger partial charge in [0, 0.05) is 20.0 Å². The number of amides is 2. The van der Waals surface area contributed by atoms with E-state index in [9.17, 15) is 9.59 Å². The maximum atomic E-state index is 12.2. The Morgan fingerprint density at radius 1 is 1.40 bits per heavy atom. The number of hydrogen-bond acceptors (Lipinski definition) is 5. The van der Waals surface area contributed by atoms with Crippen LogP contribution in [0.1, 0.15) is 28.3 Å². The van der Waals surface area contributed by atoms with Crippen molar-refractivity contribution in [3.63, 3.8) is 0 Å². The molecule has 1 unspecified atom stereocenters. The first-order valence-corrected chi connectivity index (χ1v) is 7.82. The molecule has 3 rings (SSSR count). The average molecular weight is 339 g/mol. The standard InChI is InChI=1S/C18H17N3O4/c1-21-10-13(8-17(21)22)20-18(23)16-7-6-14(25-16)11-24-15-5-3-2-4-12(15)9-19/h2-7,13H,8,10-11H2,1H3,(H,20,23). The summed E-state index contributed by atoms with van der Waals surface area (Å²) in [6, 6.07) is 11.9. The van der Waals surface area contributed by atoms with Crippen LogP contribution in [0.2, 0.25) is 0 Å². The van der Waals surface area contributed by atoms with E-state index in [1.54, 1.807) is 48.3 Å². The fraction of sp³-hybridized carbons (Fsp3) is 0.278. The molecule has 25 heavy (non-hydrogen) atoms. The lowest BCUT2D eigenvalue weighted by Gasteiger charge is -2.11. The number of carbonyl (C=O) groups is 2. The SMILES string of the molecule is CN1CC(NC(=O)c2ccc(COc3ccccc3C#N)o2)CC1=O. The van der Waals surface area contributed by atoms with Gasteiger partial charge >= 0.3 is 0 Å². The quantitative estimate of drug-likeness (QED) is 0.894. The van der Waals surface area contributed by atoms with E-state index in [0.717, 1.165) is 0 Å². The lowest BCUT2D eigenvalue weighted by atomic mass is 10.2. The normalized spacial score (nSPS) is 16.6. The highest BCUT2D eigenvalue weighted by Crippen LogP contribution is 2.19. The van der Waals surface area contributed by atoms with Crippen LogP contribution in [-0.2, 0) is 11.4 Å². The molecule has 1 aliphatic rings. The van der Waals surface area contributed by atoms with Crippen LogP contribution in [0.15, 0.2) is 40.8 Å². The summed E-state index contributed by atoms with van der Waals surface area (Å²) in [5.41, 5.74) is 0.432. The molecule has 128 valence electrons. The highest BCUT2D eigenvalue weighted by molar-refractivity contribution is 5.92. The van der Waals surface area contributed by atoms with Crippen LogP contribution in [0.3, 0.4) is 0 Å². The number of likely N-dealkylation sites (tertiary alicyclic amines) is 1. The third-order valence-corrected chi connectivity index (χ3v) is 3.94. The smallest absolute Gasteiger partial charge is 0.287 e. The number of ether oxygens (including phenoxy) is 1. The van der Waals surface area contributed by atoms with Gasteiger partial charge in [-0.2, -0.15) is 5.26 Å². The minimum atomic E-state index is -0.364. The second-order valence-electron chi connectivity index (χ2n) is 5.81. The zero-order valence-electron chi connectivity index (χ0n) is 13.7. The Labute approximate surface area is 144 Å². The minimum Gasteiger partial charge on any atom is -0.484 e. The number of nitrogens with one attached hydrogen (secondary N) is 1. The van der Waals surface area contributed by atoms with Crippen LogP contribution in [0.4, 0.5) is 0 Å². The minimum absolute atomic E-state index is 0.00925. The molecule has 2 aromatic rings. The fourth-order valence-electron chi connectivity index (χ4n) is 2.63. The second kappa shape index (κ2) is 7.09. The van der Waals surface area contributed by atoms with E-state index >= 15 is 0 Å². The zero-order chi connectivity index (χ0) is 17.8. The molecule has 0 spiro atoms. The molecule has 0 bridgehead atoms. The summed E-state index contributed by atoms with van der Waals surface area (Å²) in [7, 11) is 1.70. The van der Waals surface area contributed by atoms with E-state index in [1.807, 2.05) is 0 Å². The average Bonchev–Trinajstić information content (AvgIpc) is 3.20. The van der Waals surface area contributed by atoms with Gasteiger partial charge in [-0.25, -0.2) is 0 Å². The van der Waals surface area contributed by atoms with E-state index < -0.39 is 0 Å². The molecule has 0 aliphatic carbocycles. The summed E-state index contributed by atoms with van der Waals surface area (Å²) in [6.45, 7) is 0.600. The largest absolute Gasteiger partial charge is 0.484 e. The Balaban J connectivity index is 1.58. The Hall–Kier alpha value is -3.27. The molecule has 1 fully saturated rings. The number of rotatable bonds is 5. The van der Waals surface area contributed by atoms with E-state index in [4.69, 9.17) is 14.4 Å². The van der Waals surface area contributed by atoms with Gasteiger partial charge in [0.1, 0.15) is 24.2 Å². The Bertz CT molecular complexity index is 837. The van der Waals surface area contributed by atoms with Crippen LogP contribution in [-0.4, -0.2) is 36.3 Å². The van der Waals surface area contributed by atoms with Gasteiger partial charge < -0.3 is 19.4 Å². The van der Waals surface area contributed by atoms with E-state index in [0.29, 0.717) is 30.0 Å². The molecule has 1 aliphatic heterocycles. The highest BCUT2D eigenvalue weighted by Gasteiger charge is 2.28. The van der Waals surface area contributed by atoms with Crippen molar-refractivity contribution in [3.8, 4) is 11.8 Å². The van der Waals surface area contributed by atoms with Gasteiger partial charge in [-0.05, 0) is 24.3 Å². The zero-order valence-corrected chi connectivity index (χ0v) is 13.7. The number of nitriles is 1. The number of hydrogen-bond donors (Lipinski definition) is 1. The van der Waals surface area contributed by atoms with Gasteiger partial charge in [-0.1, -0.05) is 12.1 Å². The molecule has 0 radical (unpaired) electrons. The Morgan fingerprint density at radius 3 is 2.92 bits per heavy atom. The Morgan fingerprint density at radius 2 is 2.20 bits per heavy atom. The number of para-hydroxylation sites is 1. The molecule has 2 heterocycles. The van der Waals surface area contributed by atoms with Gasteiger partial charge in [0.2, 0.25) is 5.91 Å². The lowest BCUT2D eigenvalue weighted by molar-refractivity contribution is -0.126. The van der Waals surface area contributed by atoms with Crippen molar-refractivity contribution in [1.29, 1.82) is 5.26 Å². The molecule has 0 saturated carbocycles.